The maximum Gasteiger partial charge on any atom is 0.0622 e. The Labute approximate surface area is 85.3 Å². The molecule has 1 saturated heterocycles. The first-order chi connectivity index (χ1) is 6.34. The van der Waals surface area contributed by atoms with Crippen LogP contribution in [-0.4, -0.2) is 35.5 Å². The molecule has 1 aliphatic rings. The van der Waals surface area contributed by atoms with Crippen molar-refractivity contribution in [1.29, 1.82) is 5.26 Å². The van der Waals surface area contributed by atoms with E-state index in [-0.39, 0.29) is 0 Å². The SMILES string of the molecule is CC1CCSCCN1CCCC#N. The standard InChI is InChI=1S/C10H18N2S/c1-10-4-8-13-9-7-12(10)6-3-2-5-11/h10H,2-4,6-9H2,1H3. The maximum absolute atomic E-state index is 8.44. The lowest BCUT2D eigenvalue weighted by molar-refractivity contribution is 0.219. The fraction of sp³-hybridized carbons (Fsp3) is 0.900. The number of nitrogens with zero attached hydrogens (tertiary/aromatic N) is 2. The first-order valence-corrected chi connectivity index (χ1v) is 6.19. The number of nitriles is 1. The van der Waals surface area contributed by atoms with Crippen LogP contribution in [0, 0.1) is 11.3 Å². The van der Waals surface area contributed by atoms with Crippen molar-refractivity contribution in [3.63, 3.8) is 0 Å². The van der Waals surface area contributed by atoms with Crippen molar-refractivity contribution in [1.82, 2.24) is 4.90 Å². The number of hydrogen-bond donors (Lipinski definition) is 0. The molecular formula is C10H18N2S. The zero-order valence-electron chi connectivity index (χ0n) is 8.33. The fourth-order valence-electron chi connectivity index (χ4n) is 1.63. The second kappa shape index (κ2) is 6.28. The van der Waals surface area contributed by atoms with Crippen molar-refractivity contribution < 1.29 is 0 Å². The van der Waals surface area contributed by atoms with Crippen LogP contribution in [0.15, 0.2) is 0 Å². The van der Waals surface area contributed by atoms with E-state index in [0.29, 0.717) is 12.5 Å². The number of unbranched alkanes of at least 4 members (excludes halogenated alkanes) is 1. The van der Waals surface area contributed by atoms with Crippen molar-refractivity contribution >= 4 is 11.8 Å². The molecular weight excluding hydrogens is 180 g/mol. The number of rotatable bonds is 3. The highest BCUT2D eigenvalue weighted by Crippen LogP contribution is 2.16. The highest BCUT2D eigenvalue weighted by molar-refractivity contribution is 7.99. The van der Waals surface area contributed by atoms with Gasteiger partial charge in [-0.2, -0.15) is 17.0 Å². The molecule has 0 bridgehead atoms. The Morgan fingerprint density at radius 2 is 2.38 bits per heavy atom. The zero-order chi connectivity index (χ0) is 9.52. The van der Waals surface area contributed by atoms with Crippen LogP contribution in [0.1, 0.15) is 26.2 Å². The molecule has 2 nitrogen and oxygen atoms in total. The molecule has 0 spiro atoms. The molecule has 0 amide bonds. The van der Waals surface area contributed by atoms with Gasteiger partial charge in [-0.1, -0.05) is 0 Å². The van der Waals surface area contributed by atoms with Gasteiger partial charge in [0.2, 0.25) is 0 Å². The van der Waals surface area contributed by atoms with Gasteiger partial charge in [-0.15, -0.1) is 0 Å². The lowest BCUT2D eigenvalue weighted by Crippen LogP contribution is -2.34. The Kier molecular flexibility index (Phi) is 5.26. The Morgan fingerprint density at radius 1 is 1.54 bits per heavy atom. The van der Waals surface area contributed by atoms with Crippen LogP contribution in [-0.2, 0) is 0 Å². The minimum atomic E-state index is 0.705. The topological polar surface area (TPSA) is 27.0 Å². The van der Waals surface area contributed by atoms with Crippen LogP contribution in [0.2, 0.25) is 0 Å². The molecule has 1 atom stereocenters. The van der Waals surface area contributed by atoms with E-state index < -0.39 is 0 Å². The highest BCUT2D eigenvalue weighted by atomic mass is 32.2. The fourth-order valence-corrected chi connectivity index (χ4v) is 2.71. The lowest BCUT2D eigenvalue weighted by atomic mass is 10.2. The molecule has 3 heteroatoms. The Morgan fingerprint density at radius 3 is 3.15 bits per heavy atom. The number of hydrogen-bond acceptors (Lipinski definition) is 3. The molecule has 1 aliphatic heterocycles. The van der Waals surface area contributed by atoms with E-state index in [1.807, 2.05) is 0 Å². The molecule has 0 radical (unpaired) electrons. The number of thioether (sulfide) groups is 1. The lowest BCUT2D eigenvalue weighted by Gasteiger charge is -2.25. The molecule has 0 aliphatic carbocycles. The van der Waals surface area contributed by atoms with Gasteiger partial charge in [-0.25, -0.2) is 0 Å². The third-order valence-electron chi connectivity index (χ3n) is 2.56. The zero-order valence-corrected chi connectivity index (χ0v) is 9.15. The van der Waals surface area contributed by atoms with Crippen LogP contribution < -0.4 is 0 Å². The molecule has 0 aromatic heterocycles. The summed E-state index contributed by atoms with van der Waals surface area (Å²) in [6.07, 6.45) is 3.04. The summed E-state index contributed by atoms with van der Waals surface area (Å²) < 4.78 is 0. The normalized spacial score (nSPS) is 25.1. The molecule has 1 fully saturated rings. The average Bonchev–Trinajstić information content (AvgIpc) is 2.32. The van der Waals surface area contributed by atoms with Crippen molar-refractivity contribution in [2.45, 2.75) is 32.2 Å². The summed E-state index contributed by atoms with van der Waals surface area (Å²) in [5.41, 5.74) is 0. The molecule has 13 heavy (non-hydrogen) atoms. The first kappa shape index (κ1) is 10.9. The van der Waals surface area contributed by atoms with E-state index in [9.17, 15) is 0 Å². The van der Waals surface area contributed by atoms with Crippen LogP contribution in [0.5, 0.6) is 0 Å². The van der Waals surface area contributed by atoms with Gasteiger partial charge in [0.25, 0.3) is 0 Å². The quantitative estimate of drug-likeness (QED) is 0.650. The summed E-state index contributed by atoms with van der Waals surface area (Å²) >= 11 is 2.06. The van der Waals surface area contributed by atoms with Crippen molar-refractivity contribution in [2.75, 3.05) is 24.6 Å². The van der Waals surface area contributed by atoms with Gasteiger partial charge in [-0.05, 0) is 32.1 Å². The van der Waals surface area contributed by atoms with E-state index in [1.165, 1.54) is 24.5 Å². The molecule has 0 aromatic rings. The summed E-state index contributed by atoms with van der Waals surface area (Å²) in [4.78, 5) is 2.53. The molecule has 1 rings (SSSR count). The van der Waals surface area contributed by atoms with Crippen LogP contribution in [0.3, 0.4) is 0 Å². The van der Waals surface area contributed by atoms with Gasteiger partial charge in [0.1, 0.15) is 0 Å². The van der Waals surface area contributed by atoms with Gasteiger partial charge in [0.15, 0.2) is 0 Å². The Balaban J connectivity index is 2.24. The summed E-state index contributed by atoms with van der Waals surface area (Å²) in [6, 6.07) is 2.92. The summed E-state index contributed by atoms with van der Waals surface area (Å²) in [7, 11) is 0. The van der Waals surface area contributed by atoms with Crippen LogP contribution in [0.25, 0.3) is 0 Å². The maximum atomic E-state index is 8.44. The minimum Gasteiger partial charge on any atom is -0.300 e. The second-order valence-corrected chi connectivity index (χ2v) is 4.77. The van der Waals surface area contributed by atoms with Crippen molar-refractivity contribution in [3.8, 4) is 6.07 Å². The van der Waals surface area contributed by atoms with Gasteiger partial charge in [-0.3, -0.25) is 4.90 Å². The van der Waals surface area contributed by atoms with E-state index in [0.717, 1.165) is 13.0 Å². The van der Waals surface area contributed by atoms with E-state index in [4.69, 9.17) is 5.26 Å². The minimum absolute atomic E-state index is 0.705. The van der Waals surface area contributed by atoms with E-state index in [2.05, 4.69) is 29.7 Å². The Bertz CT molecular complexity index is 176. The second-order valence-electron chi connectivity index (χ2n) is 3.55. The van der Waals surface area contributed by atoms with Gasteiger partial charge >= 0.3 is 0 Å². The molecule has 1 heterocycles. The third kappa shape index (κ3) is 4.02. The summed E-state index contributed by atoms with van der Waals surface area (Å²) in [6.45, 7) is 4.62. The Hall–Kier alpha value is -0.200. The van der Waals surface area contributed by atoms with Crippen molar-refractivity contribution in [2.24, 2.45) is 0 Å². The van der Waals surface area contributed by atoms with E-state index in [1.54, 1.807) is 0 Å². The predicted molar refractivity (Wildman–Crippen MR) is 57.8 cm³/mol. The molecule has 0 aromatic carbocycles. The molecule has 1 unspecified atom stereocenters. The molecule has 74 valence electrons. The third-order valence-corrected chi connectivity index (χ3v) is 3.56. The van der Waals surface area contributed by atoms with E-state index >= 15 is 0 Å². The first-order valence-electron chi connectivity index (χ1n) is 5.03. The summed E-state index contributed by atoms with van der Waals surface area (Å²) in [5.74, 6) is 2.56. The van der Waals surface area contributed by atoms with Gasteiger partial charge in [0.05, 0.1) is 6.07 Å². The molecule has 0 saturated carbocycles. The predicted octanol–water partition coefficient (Wildman–Crippen LogP) is 2.12. The largest absolute Gasteiger partial charge is 0.300 e. The molecule has 0 N–H and O–H groups in total. The summed E-state index contributed by atoms with van der Waals surface area (Å²) in [5, 5.41) is 8.44. The average molecular weight is 198 g/mol. The van der Waals surface area contributed by atoms with Gasteiger partial charge < -0.3 is 0 Å². The highest BCUT2D eigenvalue weighted by Gasteiger charge is 2.15. The van der Waals surface area contributed by atoms with Crippen LogP contribution >= 0.6 is 11.8 Å². The van der Waals surface area contributed by atoms with Gasteiger partial charge in [0, 0.05) is 24.8 Å². The van der Waals surface area contributed by atoms with Crippen molar-refractivity contribution in [3.05, 3.63) is 0 Å². The monoisotopic (exact) mass is 198 g/mol. The smallest absolute Gasteiger partial charge is 0.0622 e. The van der Waals surface area contributed by atoms with Crippen LogP contribution in [0.4, 0.5) is 0 Å².